The predicted molar refractivity (Wildman–Crippen MR) is 129 cm³/mol. The molecule has 176 valence electrons. The van der Waals surface area contributed by atoms with Gasteiger partial charge >= 0.3 is 0 Å². The van der Waals surface area contributed by atoms with E-state index in [1.807, 2.05) is 13.0 Å². The number of aryl methyl sites for hydroxylation is 1. The van der Waals surface area contributed by atoms with Gasteiger partial charge in [-0.3, -0.25) is 14.6 Å². The van der Waals surface area contributed by atoms with Crippen LogP contribution in [0.25, 0.3) is 0 Å². The molecule has 3 aliphatic rings. The van der Waals surface area contributed by atoms with Crippen molar-refractivity contribution in [2.24, 2.45) is 11.3 Å². The van der Waals surface area contributed by atoms with E-state index < -0.39 is 6.04 Å². The summed E-state index contributed by atoms with van der Waals surface area (Å²) in [5, 5.41) is 10.7. The van der Waals surface area contributed by atoms with Crippen molar-refractivity contribution < 1.29 is 9.59 Å². The summed E-state index contributed by atoms with van der Waals surface area (Å²) in [6.07, 6.45) is 12.4. The summed E-state index contributed by atoms with van der Waals surface area (Å²) in [5.41, 5.74) is 2.24. The van der Waals surface area contributed by atoms with Crippen LogP contribution in [0.3, 0.4) is 0 Å². The molecule has 0 aliphatic heterocycles. The number of pyridine rings is 1. The van der Waals surface area contributed by atoms with E-state index in [1.165, 1.54) is 43.4 Å². The summed E-state index contributed by atoms with van der Waals surface area (Å²) >= 11 is 7.36. The average Bonchev–Trinajstić information content (AvgIpc) is 3.41. The van der Waals surface area contributed by atoms with E-state index in [9.17, 15) is 9.59 Å². The van der Waals surface area contributed by atoms with Crippen LogP contribution in [0.2, 0.25) is 5.02 Å². The summed E-state index contributed by atoms with van der Waals surface area (Å²) in [4.78, 5) is 34.9. The monoisotopic (exact) mass is 487 g/mol. The Balaban J connectivity index is 1.18. The van der Waals surface area contributed by atoms with Crippen molar-refractivity contribution in [3.63, 3.8) is 0 Å². The predicted octanol–water partition coefficient (Wildman–Crippen LogP) is 4.46. The smallest absolute Gasteiger partial charge is 0.263 e. The van der Waals surface area contributed by atoms with E-state index in [1.54, 1.807) is 12.4 Å². The number of aromatic nitrogens is 2. The zero-order chi connectivity index (χ0) is 23.0. The molecule has 9 heteroatoms. The van der Waals surface area contributed by atoms with Gasteiger partial charge in [0.25, 0.3) is 5.91 Å². The van der Waals surface area contributed by atoms with Gasteiger partial charge in [-0.15, -0.1) is 11.3 Å². The molecule has 3 fully saturated rings. The lowest BCUT2D eigenvalue weighted by Gasteiger charge is -2.55. The first-order chi connectivity index (χ1) is 15.9. The van der Waals surface area contributed by atoms with Gasteiger partial charge in [0.05, 0.1) is 29.1 Å². The van der Waals surface area contributed by atoms with Gasteiger partial charge in [0.2, 0.25) is 5.91 Å². The van der Waals surface area contributed by atoms with Crippen LogP contribution in [0.15, 0.2) is 18.5 Å². The number of amides is 2. The van der Waals surface area contributed by atoms with Crippen LogP contribution in [0.1, 0.15) is 71.7 Å². The summed E-state index contributed by atoms with van der Waals surface area (Å²) < 4.78 is 0. The Hall–Kier alpha value is -2.19. The third-order valence-electron chi connectivity index (χ3n) is 7.23. The third kappa shape index (κ3) is 5.32. The number of carbonyl (C=O) groups excluding carboxylic acids is 2. The number of thiazole rings is 1. The van der Waals surface area contributed by atoms with Gasteiger partial charge in [-0.2, -0.15) is 0 Å². The van der Waals surface area contributed by atoms with Crippen LogP contribution in [-0.4, -0.2) is 33.9 Å². The molecular weight excluding hydrogens is 458 g/mol. The molecule has 3 N–H and O–H groups in total. The topological polar surface area (TPSA) is 96.0 Å². The van der Waals surface area contributed by atoms with Gasteiger partial charge in [0.15, 0.2) is 0 Å². The van der Waals surface area contributed by atoms with Crippen LogP contribution in [0, 0.1) is 18.3 Å². The molecule has 2 heterocycles. The van der Waals surface area contributed by atoms with E-state index in [0.717, 1.165) is 35.7 Å². The number of halogens is 1. The van der Waals surface area contributed by atoms with Crippen molar-refractivity contribution in [3.8, 4) is 0 Å². The Morgan fingerprint density at radius 2 is 2.03 bits per heavy atom. The molecule has 3 saturated carbocycles. The Bertz CT molecular complexity index is 1040. The molecule has 0 radical (unpaired) electrons. The maximum atomic E-state index is 13.0. The molecule has 0 aromatic carbocycles. The number of hydrogen-bond acceptors (Lipinski definition) is 6. The van der Waals surface area contributed by atoms with Gasteiger partial charge in [-0.05, 0) is 69.3 Å². The van der Waals surface area contributed by atoms with E-state index >= 15 is 0 Å². The molecule has 1 spiro atoms. The molecule has 1 unspecified atom stereocenters. The number of hydrogen-bond donors (Lipinski definition) is 3. The maximum absolute atomic E-state index is 13.0. The van der Waals surface area contributed by atoms with Crippen LogP contribution in [0.4, 0.5) is 5.69 Å². The van der Waals surface area contributed by atoms with Crippen LogP contribution in [0.5, 0.6) is 0 Å². The molecule has 1 atom stereocenters. The standard InChI is InChI=1S/C24H30ClN5O2S/c1-14-18(8-16(25)11-26-14)27-13-21-28-12-20(33-21)23(32)30-19(22(31)29-17-3-4-17)7-15-9-24(10-15)5-2-6-24/h8,11-12,15,17,19,27H,2-7,9-10,13H2,1H3,(H,29,31)(H,30,32). The Labute approximate surface area is 203 Å². The van der Waals surface area contributed by atoms with Gasteiger partial charge in [-0.1, -0.05) is 18.0 Å². The largest absolute Gasteiger partial charge is 0.377 e. The van der Waals surface area contributed by atoms with Crippen LogP contribution >= 0.6 is 22.9 Å². The second-order valence-corrected chi connectivity index (χ2v) is 11.5. The van der Waals surface area contributed by atoms with E-state index in [4.69, 9.17) is 11.6 Å². The van der Waals surface area contributed by atoms with Crippen molar-refractivity contribution in [3.05, 3.63) is 39.1 Å². The Kier molecular flexibility index (Phi) is 6.31. The first-order valence-corrected chi connectivity index (χ1v) is 13.0. The molecular formula is C24H30ClN5O2S. The third-order valence-corrected chi connectivity index (χ3v) is 8.44. The molecule has 33 heavy (non-hydrogen) atoms. The zero-order valence-corrected chi connectivity index (χ0v) is 20.4. The second-order valence-electron chi connectivity index (χ2n) is 9.93. The van der Waals surface area contributed by atoms with Gasteiger partial charge in [0.1, 0.15) is 15.9 Å². The normalized spacial score (nSPS) is 19.9. The SMILES string of the molecule is Cc1ncc(Cl)cc1NCc1ncc(C(=O)NC(CC2CC3(CCC3)C2)C(=O)NC2CC2)s1. The van der Waals surface area contributed by atoms with Crippen molar-refractivity contribution >= 4 is 40.4 Å². The number of nitrogens with one attached hydrogen (secondary N) is 3. The van der Waals surface area contributed by atoms with Gasteiger partial charge in [0, 0.05) is 12.2 Å². The average molecular weight is 488 g/mol. The minimum absolute atomic E-state index is 0.0456. The first-order valence-electron chi connectivity index (χ1n) is 11.8. The number of nitrogens with zero attached hydrogens (tertiary/aromatic N) is 2. The fourth-order valence-corrected chi connectivity index (χ4v) is 6.01. The Morgan fingerprint density at radius 3 is 2.73 bits per heavy atom. The minimum Gasteiger partial charge on any atom is -0.377 e. The highest BCUT2D eigenvalue weighted by Crippen LogP contribution is 2.59. The maximum Gasteiger partial charge on any atom is 0.263 e. The van der Waals surface area contributed by atoms with Crippen molar-refractivity contribution in [2.75, 3.05) is 5.32 Å². The lowest BCUT2D eigenvalue weighted by Crippen LogP contribution is -2.51. The summed E-state index contributed by atoms with van der Waals surface area (Å²) in [6.45, 7) is 2.37. The van der Waals surface area contributed by atoms with E-state index in [-0.39, 0.29) is 17.9 Å². The summed E-state index contributed by atoms with van der Waals surface area (Å²) in [5.74, 6) is 0.250. The first kappa shape index (κ1) is 22.6. The lowest BCUT2D eigenvalue weighted by atomic mass is 9.51. The van der Waals surface area contributed by atoms with Gasteiger partial charge < -0.3 is 16.0 Å². The highest BCUT2D eigenvalue weighted by atomic mass is 35.5. The molecule has 0 bridgehead atoms. The van der Waals surface area contributed by atoms with Crippen molar-refractivity contribution in [1.82, 2.24) is 20.6 Å². The molecule has 2 aromatic rings. The number of rotatable bonds is 9. The van der Waals surface area contributed by atoms with E-state index in [0.29, 0.717) is 27.8 Å². The molecule has 7 nitrogen and oxygen atoms in total. The second kappa shape index (κ2) is 9.22. The molecule has 3 aliphatic carbocycles. The van der Waals surface area contributed by atoms with Crippen molar-refractivity contribution in [2.45, 2.75) is 76.9 Å². The number of anilines is 1. The lowest BCUT2D eigenvalue weighted by molar-refractivity contribution is -0.124. The highest BCUT2D eigenvalue weighted by molar-refractivity contribution is 7.13. The minimum atomic E-state index is -0.482. The molecule has 5 rings (SSSR count). The molecule has 0 saturated heterocycles. The summed E-state index contributed by atoms with van der Waals surface area (Å²) in [6, 6.07) is 1.62. The fourth-order valence-electron chi connectivity index (χ4n) is 5.09. The van der Waals surface area contributed by atoms with Crippen LogP contribution < -0.4 is 16.0 Å². The molecule has 2 amide bonds. The fraction of sp³-hybridized carbons (Fsp3) is 0.583. The highest BCUT2D eigenvalue weighted by Gasteiger charge is 2.48. The summed E-state index contributed by atoms with van der Waals surface area (Å²) in [7, 11) is 0. The van der Waals surface area contributed by atoms with E-state index in [2.05, 4.69) is 25.9 Å². The van der Waals surface area contributed by atoms with Crippen molar-refractivity contribution in [1.29, 1.82) is 0 Å². The Morgan fingerprint density at radius 1 is 1.24 bits per heavy atom. The van der Waals surface area contributed by atoms with Crippen LogP contribution in [-0.2, 0) is 11.3 Å². The zero-order valence-electron chi connectivity index (χ0n) is 18.8. The number of carbonyl (C=O) groups is 2. The quantitative estimate of drug-likeness (QED) is 0.485. The molecule has 2 aromatic heterocycles. The van der Waals surface area contributed by atoms with Gasteiger partial charge in [-0.25, -0.2) is 4.98 Å².